The summed E-state index contributed by atoms with van der Waals surface area (Å²) >= 11 is 0. The van der Waals surface area contributed by atoms with Crippen LogP contribution in [0, 0.1) is 5.82 Å². The van der Waals surface area contributed by atoms with Crippen molar-refractivity contribution in [3.05, 3.63) is 41.5 Å². The molecule has 1 fully saturated rings. The number of benzene rings is 1. The van der Waals surface area contributed by atoms with Crippen LogP contribution in [-0.4, -0.2) is 57.6 Å². The maximum Gasteiger partial charge on any atom is 0.435 e. The first-order valence-corrected chi connectivity index (χ1v) is 9.22. The molecule has 2 heterocycles. The van der Waals surface area contributed by atoms with Crippen LogP contribution in [0.3, 0.4) is 0 Å². The summed E-state index contributed by atoms with van der Waals surface area (Å²) in [7, 11) is 0. The number of nitrogens with one attached hydrogen (secondary N) is 1. The van der Waals surface area contributed by atoms with Gasteiger partial charge in [-0.15, -0.1) is 5.10 Å². The van der Waals surface area contributed by atoms with E-state index in [4.69, 9.17) is 4.74 Å². The van der Waals surface area contributed by atoms with Gasteiger partial charge in [0.1, 0.15) is 5.82 Å². The molecule has 0 spiro atoms. The third-order valence-corrected chi connectivity index (χ3v) is 4.56. The molecule has 1 aromatic heterocycles. The fraction of sp³-hybridized carbons (Fsp3) is 0.444. The van der Waals surface area contributed by atoms with Gasteiger partial charge in [-0.1, -0.05) is 11.3 Å². The van der Waals surface area contributed by atoms with Crippen molar-refractivity contribution in [2.24, 2.45) is 0 Å². The van der Waals surface area contributed by atoms with E-state index in [1.807, 2.05) is 0 Å². The number of alkyl halides is 3. The molecule has 1 saturated heterocycles. The third-order valence-electron chi connectivity index (χ3n) is 4.56. The normalized spacial score (nSPS) is 15.2. The van der Waals surface area contributed by atoms with Crippen LogP contribution in [0.4, 0.5) is 22.4 Å². The van der Waals surface area contributed by atoms with E-state index < -0.39 is 41.4 Å². The molecule has 3 rings (SSSR count). The molecule has 8 nitrogen and oxygen atoms in total. The van der Waals surface area contributed by atoms with E-state index in [0.717, 1.165) is 12.1 Å². The number of nitrogens with zero attached hydrogens (tertiary/aromatic N) is 4. The van der Waals surface area contributed by atoms with Crippen molar-refractivity contribution in [1.82, 2.24) is 25.2 Å². The Morgan fingerprint density at radius 1 is 1.27 bits per heavy atom. The number of aromatic nitrogens is 3. The first-order chi connectivity index (χ1) is 14.2. The van der Waals surface area contributed by atoms with Crippen LogP contribution in [0.1, 0.15) is 35.9 Å². The molecule has 2 aromatic rings. The van der Waals surface area contributed by atoms with Gasteiger partial charge in [0.15, 0.2) is 11.4 Å². The maximum atomic E-state index is 13.6. The van der Waals surface area contributed by atoms with Crippen LogP contribution < -0.4 is 5.32 Å². The molecule has 12 heteroatoms. The lowest BCUT2D eigenvalue weighted by molar-refractivity contribution is -0.143. The van der Waals surface area contributed by atoms with Gasteiger partial charge in [-0.2, -0.15) is 13.2 Å². The Morgan fingerprint density at radius 3 is 2.57 bits per heavy atom. The van der Waals surface area contributed by atoms with E-state index in [1.165, 1.54) is 17.0 Å². The summed E-state index contributed by atoms with van der Waals surface area (Å²) in [6.45, 7) is 2.51. The van der Waals surface area contributed by atoms with Crippen molar-refractivity contribution in [2.45, 2.75) is 32.0 Å². The number of ether oxygens (including phenoxy) is 1. The lowest BCUT2D eigenvalue weighted by Crippen LogP contribution is -2.47. The van der Waals surface area contributed by atoms with E-state index in [0.29, 0.717) is 30.6 Å². The van der Waals surface area contributed by atoms with Crippen LogP contribution in [0.5, 0.6) is 0 Å². The number of hydrogen-bond acceptors (Lipinski definition) is 5. The average Bonchev–Trinajstić information content (AvgIpc) is 3.15. The van der Waals surface area contributed by atoms with E-state index in [2.05, 4.69) is 15.6 Å². The SMILES string of the molecule is CCOC(=O)N1CCC(NC(=O)c2nnn(-c3cccc(F)c3)c2C(F)(F)F)CC1. The number of carbonyl (C=O) groups excluding carboxylic acids is 2. The zero-order valence-electron chi connectivity index (χ0n) is 15.9. The van der Waals surface area contributed by atoms with Gasteiger partial charge >= 0.3 is 12.3 Å². The Balaban J connectivity index is 1.76. The largest absolute Gasteiger partial charge is 0.450 e. The van der Waals surface area contributed by atoms with E-state index in [9.17, 15) is 27.2 Å². The second-order valence-electron chi connectivity index (χ2n) is 6.61. The standard InChI is InChI=1S/C18H19F4N5O3/c1-2-30-17(29)26-8-6-12(7-9-26)23-16(28)14-15(18(20,21)22)27(25-24-14)13-5-3-4-11(19)10-13/h3-5,10,12H,2,6-9H2,1H3,(H,23,28). The molecule has 1 aliphatic rings. The van der Waals surface area contributed by atoms with Crippen molar-refractivity contribution in [1.29, 1.82) is 0 Å². The van der Waals surface area contributed by atoms with Crippen LogP contribution in [-0.2, 0) is 10.9 Å². The molecule has 0 radical (unpaired) electrons. The molecule has 0 unspecified atom stereocenters. The average molecular weight is 429 g/mol. The summed E-state index contributed by atoms with van der Waals surface area (Å²) < 4.78 is 59.7. The Morgan fingerprint density at radius 2 is 1.97 bits per heavy atom. The first-order valence-electron chi connectivity index (χ1n) is 9.22. The zero-order valence-corrected chi connectivity index (χ0v) is 15.9. The highest BCUT2D eigenvalue weighted by atomic mass is 19.4. The monoisotopic (exact) mass is 429 g/mol. The summed E-state index contributed by atoms with van der Waals surface area (Å²) in [4.78, 5) is 25.7. The lowest BCUT2D eigenvalue weighted by Gasteiger charge is -2.31. The fourth-order valence-corrected chi connectivity index (χ4v) is 3.15. The Hall–Kier alpha value is -3.18. The molecule has 1 aromatic carbocycles. The van der Waals surface area contributed by atoms with Crippen LogP contribution >= 0.6 is 0 Å². The minimum Gasteiger partial charge on any atom is -0.450 e. The molecule has 0 aliphatic carbocycles. The van der Waals surface area contributed by atoms with Gasteiger partial charge in [-0.05, 0) is 38.0 Å². The number of carbonyl (C=O) groups is 2. The van der Waals surface area contributed by atoms with Gasteiger partial charge in [-0.3, -0.25) is 4.79 Å². The number of rotatable bonds is 4. The molecule has 1 N–H and O–H groups in total. The third kappa shape index (κ3) is 4.69. The van der Waals surface area contributed by atoms with E-state index >= 15 is 0 Å². The van der Waals surface area contributed by atoms with Crippen molar-refractivity contribution < 1.29 is 31.9 Å². The van der Waals surface area contributed by atoms with Crippen molar-refractivity contribution in [2.75, 3.05) is 19.7 Å². The Kier molecular flexibility index (Phi) is 6.22. The topological polar surface area (TPSA) is 89.3 Å². The van der Waals surface area contributed by atoms with Crippen molar-refractivity contribution in [3.8, 4) is 5.69 Å². The van der Waals surface area contributed by atoms with Gasteiger partial charge in [0.05, 0.1) is 12.3 Å². The number of amides is 2. The fourth-order valence-electron chi connectivity index (χ4n) is 3.15. The molecule has 0 atom stereocenters. The van der Waals surface area contributed by atoms with Gasteiger partial charge in [0, 0.05) is 19.1 Å². The predicted octanol–water partition coefficient (Wildman–Crippen LogP) is 2.78. The smallest absolute Gasteiger partial charge is 0.435 e. The number of piperidine rings is 1. The second kappa shape index (κ2) is 8.67. The van der Waals surface area contributed by atoms with Crippen LogP contribution in [0.15, 0.2) is 24.3 Å². The van der Waals surface area contributed by atoms with E-state index in [-0.39, 0.29) is 12.3 Å². The molecule has 1 aliphatic heterocycles. The highest BCUT2D eigenvalue weighted by molar-refractivity contribution is 5.93. The highest BCUT2D eigenvalue weighted by Gasteiger charge is 2.42. The molecule has 162 valence electrons. The van der Waals surface area contributed by atoms with Gasteiger partial charge in [0.2, 0.25) is 0 Å². The maximum absolute atomic E-state index is 13.6. The molecule has 30 heavy (non-hydrogen) atoms. The number of halogens is 4. The lowest BCUT2D eigenvalue weighted by atomic mass is 10.1. The molecule has 0 saturated carbocycles. The quantitative estimate of drug-likeness (QED) is 0.755. The van der Waals surface area contributed by atoms with Crippen LogP contribution in [0.25, 0.3) is 5.69 Å². The summed E-state index contributed by atoms with van der Waals surface area (Å²) in [5.41, 5.74) is -2.51. The Bertz CT molecular complexity index is 923. The molecule has 0 bridgehead atoms. The molecular weight excluding hydrogens is 410 g/mol. The Labute approximate surface area is 168 Å². The highest BCUT2D eigenvalue weighted by Crippen LogP contribution is 2.33. The number of hydrogen-bond donors (Lipinski definition) is 1. The van der Waals surface area contributed by atoms with Crippen molar-refractivity contribution in [3.63, 3.8) is 0 Å². The zero-order chi connectivity index (χ0) is 21.9. The summed E-state index contributed by atoms with van der Waals surface area (Å²) in [5.74, 6) is -1.80. The van der Waals surface area contributed by atoms with Gasteiger partial charge < -0.3 is 15.0 Å². The predicted molar refractivity (Wildman–Crippen MR) is 95.4 cm³/mol. The van der Waals surface area contributed by atoms with Crippen molar-refractivity contribution >= 4 is 12.0 Å². The van der Waals surface area contributed by atoms with Crippen LogP contribution in [0.2, 0.25) is 0 Å². The molecular formula is C18H19F4N5O3. The second-order valence-corrected chi connectivity index (χ2v) is 6.61. The minimum atomic E-state index is -4.95. The van der Waals surface area contributed by atoms with Gasteiger partial charge in [0.25, 0.3) is 5.91 Å². The molecule has 2 amide bonds. The van der Waals surface area contributed by atoms with Gasteiger partial charge in [-0.25, -0.2) is 13.9 Å². The first kappa shape index (κ1) is 21.5. The number of likely N-dealkylation sites (tertiary alicyclic amines) is 1. The summed E-state index contributed by atoms with van der Waals surface area (Å²) in [6.07, 6.45) is -4.72. The summed E-state index contributed by atoms with van der Waals surface area (Å²) in [6, 6.07) is 3.94. The summed E-state index contributed by atoms with van der Waals surface area (Å²) in [5, 5.41) is 9.32. The van der Waals surface area contributed by atoms with E-state index in [1.54, 1.807) is 6.92 Å². The minimum absolute atomic E-state index is 0.211.